The molecular formula is C13H12BrN3O. The molecule has 2 aromatic rings. The average molecular weight is 306 g/mol. The van der Waals surface area contributed by atoms with Crippen LogP contribution in [0.3, 0.4) is 0 Å². The second-order valence-corrected chi connectivity index (χ2v) is 4.61. The highest BCUT2D eigenvalue weighted by Crippen LogP contribution is 2.12. The molecule has 0 spiro atoms. The molecule has 0 unspecified atom stereocenters. The molecule has 0 saturated heterocycles. The van der Waals surface area contributed by atoms with Gasteiger partial charge in [-0.3, -0.25) is 5.32 Å². The number of rotatable bonds is 2. The van der Waals surface area contributed by atoms with Crippen LogP contribution in [-0.2, 0) is 0 Å². The Balaban J connectivity index is 2.01. The predicted octanol–water partition coefficient (Wildman–Crippen LogP) is 3.80. The van der Waals surface area contributed by atoms with Gasteiger partial charge in [0.05, 0.1) is 0 Å². The Hall–Kier alpha value is -1.88. The van der Waals surface area contributed by atoms with E-state index in [0.717, 1.165) is 11.3 Å². The van der Waals surface area contributed by atoms with Crippen LogP contribution in [0.4, 0.5) is 16.3 Å². The van der Waals surface area contributed by atoms with Gasteiger partial charge in [-0.05, 0) is 52.7 Å². The zero-order valence-corrected chi connectivity index (χ0v) is 11.4. The van der Waals surface area contributed by atoms with Crippen molar-refractivity contribution in [2.45, 2.75) is 6.92 Å². The summed E-state index contributed by atoms with van der Waals surface area (Å²) < 4.78 is 0.677. The molecule has 1 heterocycles. The summed E-state index contributed by atoms with van der Waals surface area (Å²) >= 11 is 3.25. The summed E-state index contributed by atoms with van der Waals surface area (Å²) in [6, 6.07) is 12.6. The Labute approximate surface area is 114 Å². The lowest BCUT2D eigenvalue weighted by molar-refractivity contribution is 0.262. The summed E-state index contributed by atoms with van der Waals surface area (Å²) in [6.45, 7) is 1.97. The Kier molecular flexibility index (Phi) is 3.94. The van der Waals surface area contributed by atoms with Crippen molar-refractivity contribution >= 4 is 33.5 Å². The van der Waals surface area contributed by atoms with Crippen LogP contribution in [0.1, 0.15) is 5.56 Å². The zero-order valence-electron chi connectivity index (χ0n) is 9.77. The topological polar surface area (TPSA) is 54.0 Å². The van der Waals surface area contributed by atoms with Crippen LogP contribution < -0.4 is 10.6 Å². The fourth-order valence-corrected chi connectivity index (χ4v) is 1.82. The fourth-order valence-electron chi connectivity index (χ4n) is 1.48. The number of aryl methyl sites for hydroxylation is 1. The summed E-state index contributed by atoms with van der Waals surface area (Å²) in [5.41, 5.74) is 1.84. The fraction of sp³-hybridized carbons (Fsp3) is 0.0769. The summed E-state index contributed by atoms with van der Waals surface area (Å²) in [6.07, 6.45) is 0. The van der Waals surface area contributed by atoms with Crippen molar-refractivity contribution in [1.82, 2.24) is 4.98 Å². The molecule has 4 nitrogen and oxygen atoms in total. The van der Waals surface area contributed by atoms with E-state index >= 15 is 0 Å². The van der Waals surface area contributed by atoms with E-state index in [0.29, 0.717) is 10.4 Å². The Bertz CT molecular complexity index is 522. The maximum atomic E-state index is 11.7. The SMILES string of the molecule is Cc1cccc(NC(=O)Nc2cccc(Br)n2)c1. The Morgan fingerprint density at radius 2 is 1.94 bits per heavy atom. The normalized spacial score (nSPS) is 9.89. The lowest BCUT2D eigenvalue weighted by Gasteiger charge is -2.07. The van der Waals surface area contributed by atoms with Crippen molar-refractivity contribution in [3.05, 3.63) is 52.6 Å². The number of nitrogens with one attached hydrogen (secondary N) is 2. The third-order valence-corrected chi connectivity index (χ3v) is 2.67. The van der Waals surface area contributed by atoms with Gasteiger partial charge in [0, 0.05) is 5.69 Å². The van der Waals surface area contributed by atoms with Crippen LogP contribution in [-0.4, -0.2) is 11.0 Å². The second kappa shape index (κ2) is 5.64. The molecule has 2 rings (SSSR count). The number of amides is 2. The molecule has 2 amide bonds. The molecule has 1 aromatic heterocycles. The van der Waals surface area contributed by atoms with Crippen LogP contribution in [0.25, 0.3) is 0 Å². The second-order valence-electron chi connectivity index (χ2n) is 3.79. The quantitative estimate of drug-likeness (QED) is 0.829. The van der Waals surface area contributed by atoms with Gasteiger partial charge in [-0.1, -0.05) is 18.2 Å². The number of pyridine rings is 1. The van der Waals surface area contributed by atoms with Gasteiger partial charge in [-0.25, -0.2) is 9.78 Å². The van der Waals surface area contributed by atoms with E-state index in [2.05, 4.69) is 31.5 Å². The summed E-state index contributed by atoms with van der Waals surface area (Å²) in [7, 11) is 0. The number of hydrogen-bond donors (Lipinski definition) is 2. The van der Waals surface area contributed by atoms with E-state index in [1.165, 1.54) is 0 Å². The molecular weight excluding hydrogens is 294 g/mol. The minimum absolute atomic E-state index is 0.314. The van der Waals surface area contributed by atoms with Crippen molar-refractivity contribution in [2.75, 3.05) is 10.6 Å². The molecule has 0 aliphatic heterocycles. The number of carbonyl (C=O) groups is 1. The molecule has 92 valence electrons. The minimum atomic E-state index is -0.314. The summed E-state index contributed by atoms with van der Waals surface area (Å²) in [5.74, 6) is 0.495. The molecule has 0 bridgehead atoms. The average Bonchev–Trinajstić information content (AvgIpc) is 2.28. The van der Waals surface area contributed by atoms with E-state index < -0.39 is 0 Å². The molecule has 0 radical (unpaired) electrons. The van der Waals surface area contributed by atoms with Crippen LogP contribution in [0, 0.1) is 6.92 Å². The molecule has 5 heteroatoms. The zero-order chi connectivity index (χ0) is 13.0. The monoisotopic (exact) mass is 305 g/mol. The summed E-state index contributed by atoms with van der Waals surface area (Å²) in [4.78, 5) is 15.8. The number of halogens is 1. The molecule has 1 aromatic carbocycles. The van der Waals surface area contributed by atoms with E-state index in [-0.39, 0.29) is 6.03 Å². The highest BCUT2D eigenvalue weighted by atomic mass is 79.9. The van der Waals surface area contributed by atoms with E-state index in [1.54, 1.807) is 18.2 Å². The highest BCUT2D eigenvalue weighted by Gasteiger charge is 2.03. The number of carbonyl (C=O) groups excluding carboxylic acids is 1. The highest BCUT2D eigenvalue weighted by molar-refractivity contribution is 9.10. The van der Waals surface area contributed by atoms with Crippen molar-refractivity contribution in [3.63, 3.8) is 0 Å². The van der Waals surface area contributed by atoms with Crippen molar-refractivity contribution < 1.29 is 4.79 Å². The maximum Gasteiger partial charge on any atom is 0.324 e. The van der Waals surface area contributed by atoms with E-state index in [1.807, 2.05) is 31.2 Å². The van der Waals surface area contributed by atoms with Gasteiger partial charge in [0.25, 0.3) is 0 Å². The number of hydrogen-bond acceptors (Lipinski definition) is 2. The lowest BCUT2D eigenvalue weighted by Crippen LogP contribution is -2.20. The Morgan fingerprint density at radius 1 is 1.17 bits per heavy atom. The molecule has 0 fully saturated rings. The van der Waals surface area contributed by atoms with Crippen molar-refractivity contribution in [3.8, 4) is 0 Å². The van der Waals surface area contributed by atoms with Gasteiger partial charge in [0.1, 0.15) is 10.4 Å². The number of aromatic nitrogens is 1. The van der Waals surface area contributed by atoms with Gasteiger partial charge in [0.2, 0.25) is 0 Å². The van der Waals surface area contributed by atoms with Gasteiger partial charge in [-0.15, -0.1) is 0 Å². The number of urea groups is 1. The minimum Gasteiger partial charge on any atom is -0.308 e. The first-order valence-corrected chi connectivity index (χ1v) is 6.20. The molecule has 0 aliphatic carbocycles. The summed E-state index contributed by atoms with van der Waals surface area (Å²) in [5, 5.41) is 5.40. The van der Waals surface area contributed by atoms with Gasteiger partial charge in [0.15, 0.2) is 0 Å². The predicted molar refractivity (Wildman–Crippen MR) is 75.8 cm³/mol. The molecule has 0 saturated carbocycles. The number of anilines is 2. The van der Waals surface area contributed by atoms with Crippen molar-refractivity contribution in [1.29, 1.82) is 0 Å². The van der Waals surface area contributed by atoms with E-state index in [4.69, 9.17) is 0 Å². The number of benzene rings is 1. The number of nitrogens with zero attached hydrogens (tertiary/aromatic N) is 1. The first kappa shape index (κ1) is 12.6. The van der Waals surface area contributed by atoms with Crippen LogP contribution in [0.2, 0.25) is 0 Å². The van der Waals surface area contributed by atoms with Gasteiger partial charge >= 0.3 is 6.03 Å². The van der Waals surface area contributed by atoms with Gasteiger partial charge in [-0.2, -0.15) is 0 Å². The molecule has 18 heavy (non-hydrogen) atoms. The van der Waals surface area contributed by atoms with Crippen LogP contribution in [0.5, 0.6) is 0 Å². The van der Waals surface area contributed by atoms with Crippen molar-refractivity contribution in [2.24, 2.45) is 0 Å². The molecule has 0 aliphatic rings. The lowest BCUT2D eigenvalue weighted by atomic mass is 10.2. The van der Waals surface area contributed by atoms with E-state index in [9.17, 15) is 4.79 Å². The Morgan fingerprint density at radius 3 is 2.67 bits per heavy atom. The smallest absolute Gasteiger partial charge is 0.308 e. The van der Waals surface area contributed by atoms with Crippen LogP contribution >= 0.6 is 15.9 Å². The molecule has 2 N–H and O–H groups in total. The third kappa shape index (κ3) is 3.56. The maximum absolute atomic E-state index is 11.7. The third-order valence-electron chi connectivity index (χ3n) is 2.23. The van der Waals surface area contributed by atoms with Gasteiger partial charge < -0.3 is 5.32 Å². The standard InChI is InChI=1S/C13H12BrN3O/c1-9-4-2-5-10(8-9)15-13(18)17-12-7-3-6-11(14)16-12/h2-8H,1H3,(H2,15,16,17,18). The first-order chi connectivity index (χ1) is 8.63. The first-order valence-electron chi connectivity index (χ1n) is 5.41. The largest absolute Gasteiger partial charge is 0.324 e. The molecule has 0 atom stereocenters. The van der Waals surface area contributed by atoms with Crippen LogP contribution in [0.15, 0.2) is 47.1 Å².